The Kier molecular flexibility index (Phi) is 7.52. The third-order valence-electron chi connectivity index (χ3n) is 5.99. The zero-order chi connectivity index (χ0) is 19.9. The Morgan fingerprint density at radius 3 is 2.32 bits per heavy atom. The Morgan fingerprint density at radius 1 is 1.04 bits per heavy atom. The molecule has 0 bridgehead atoms. The van der Waals surface area contributed by atoms with Crippen molar-refractivity contribution in [1.29, 1.82) is 0 Å². The summed E-state index contributed by atoms with van der Waals surface area (Å²) in [4.78, 5) is 14.6. The van der Waals surface area contributed by atoms with Gasteiger partial charge in [-0.05, 0) is 62.9 Å². The second-order valence-electron chi connectivity index (χ2n) is 8.12. The molecular weight excluding hydrogens is 368 g/mol. The van der Waals surface area contributed by atoms with Crippen molar-refractivity contribution in [2.45, 2.75) is 38.1 Å². The standard InChI is InChI=1S/C24H31ClN2O/c1-27(2)23(19-8-4-3-5-9-19)20-14-12-18(13-15-20)16-17-26-24(28)21-10-6-7-11-22(21)25/h3-11,18,20,23H,12-17H2,1-2H3,(H,26,28). The van der Waals surface area contributed by atoms with Crippen molar-refractivity contribution in [2.75, 3.05) is 20.6 Å². The second kappa shape index (κ2) is 10.1. The molecule has 150 valence electrons. The molecule has 1 fully saturated rings. The highest BCUT2D eigenvalue weighted by Gasteiger charge is 2.29. The molecule has 1 unspecified atom stereocenters. The summed E-state index contributed by atoms with van der Waals surface area (Å²) in [6, 6.07) is 18.6. The van der Waals surface area contributed by atoms with E-state index in [4.69, 9.17) is 11.6 Å². The molecule has 1 saturated carbocycles. The normalized spacial score (nSPS) is 20.7. The maximum atomic E-state index is 12.3. The van der Waals surface area contributed by atoms with E-state index in [1.807, 2.05) is 12.1 Å². The summed E-state index contributed by atoms with van der Waals surface area (Å²) in [7, 11) is 4.38. The Balaban J connectivity index is 1.46. The van der Waals surface area contributed by atoms with Crippen LogP contribution in [0.4, 0.5) is 0 Å². The highest BCUT2D eigenvalue weighted by Crippen LogP contribution is 2.40. The van der Waals surface area contributed by atoms with Gasteiger partial charge in [0.15, 0.2) is 0 Å². The minimum absolute atomic E-state index is 0.0731. The van der Waals surface area contributed by atoms with Crippen molar-refractivity contribution in [1.82, 2.24) is 10.2 Å². The molecule has 3 nitrogen and oxygen atoms in total. The second-order valence-corrected chi connectivity index (χ2v) is 8.53. The van der Waals surface area contributed by atoms with Gasteiger partial charge < -0.3 is 10.2 Å². The average molecular weight is 399 g/mol. The van der Waals surface area contributed by atoms with Crippen LogP contribution in [0.3, 0.4) is 0 Å². The van der Waals surface area contributed by atoms with Gasteiger partial charge in [-0.15, -0.1) is 0 Å². The van der Waals surface area contributed by atoms with Gasteiger partial charge in [0.2, 0.25) is 0 Å². The summed E-state index contributed by atoms with van der Waals surface area (Å²) >= 11 is 6.10. The lowest BCUT2D eigenvalue weighted by atomic mass is 9.75. The topological polar surface area (TPSA) is 32.3 Å². The zero-order valence-corrected chi connectivity index (χ0v) is 17.7. The van der Waals surface area contributed by atoms with E-state index in [0.717, 1.165) is 13.0 Å². The fourth-order valence-electron chi connectivity index (χ4n) is 4.57. The molecule has 1 N–H and O–H groups in total. The van der Waals surface area contributed by atoms with Gasteiger partial charge in [0, 0.05) is 12.6 Å². The predicted octanol–water partition coefficient (Wildman–Crippen LogP) is 5.57. The van der Waals surface area contributed by atoms with Gasteiger partial charge >= 0.3 is 0 Å². The number of hydrogen-bond donors (Lipinski definition) is 1. The molecule has 0 saturated heterocycles. The Morgan fingerprint density at radius 2 is 1.68 bits per heavy atom. The first-order chi connectivity index (χ1) is 13.6. The van der Waals surface area contributed by atoms with Crippen LogP contribution in [0, 0.1) is 11.8 Å². The van der Waals surface area contributed by atoms with Crippen molar-refractivity contribution in [3.8, 4) is 0 Å². The van der Waals surface area contributed by atoms with Crippen LogP contribution < -0.4 is 5.32 Å². The van der Waals surface area contributed by atoms with E-state index >= 15 is 0 Å². The summed E-state index contributed by atoms with van der Waals surface area (Å²) in [5, 5.41) is 3.54. The van der Waals surface area contributed by atoms with Crippen LogP contribution in [-0.4, -0.2) is 31.4 Å². The number of rotatable bonds is 7. The van der Waals surface area contributed by atoms with Gasteiger partial charge in [0.25, 0.3) is 5.91 Å². The van der Waals surface area contributed by atoms with Crippen molar-refractivity contribution in [3.05, 3.63) is 70.7 Å². The molecule has 3 rings (SSSR count). The van der Waals surface area contributed by atoms with Crippen molar-refractivity contribution < 1.29 is 4.79 Å². The van der Waals surface area contributed by atoms with Crippen LogP contribution in [0.15, 0.2) is 54.6 Å². The molecule has 1 atom stereocenters. The lowest BCUT2D eigenvalue weighted by molar-refractivity contribution is 0.0947. The lowest BCUT2D eigenvalue weighted by Gasteiger charge is -2.37. The molecular formula is C24H31ClN2O. The molecule has 0 heterocycles. The molecule has 1 aliphatic carbocycles. The van der Waals surface area contributed by atoms with Gasteiger partial charge in [-0.3, -0.25) is 4.79 Å². The maximum Gasteiger partial charge on any atom is 0.252 e. The van der Waals surface area contributed by atoms with E-state index in [1.54, 1.807) is 12.1 Å². The van der Waals surface area contributed by atoms with E-state index in [1.165, 1.54) is 31.2 Å². The molecule has 4 heteroatoms. The van der Waals surface area contributed by atoms with Crippen LogP contribution in [0.1, 0.15) is 54.1 Å². The van der Waals surface area contributed by atoms with Crippen LogP contribution in [0.5, 0.6) is 0 Å². The molecule has 28 heavy (non-hydrogen) atoms. The van der Waals surface area contributed by atoms with E-state index in [-0.39, 0.29) is 5.91 Å². The summed E-state index contributed by atoms with van der Waals surface area (Å²) in [5.74, 6) is 1.32. The SMILES string of the molecule is CN(C)C(c1ccccc1)C1CCC(CCNC(=O)c2ccccc2Cl)CC1. The highest BCUT2D eigenvalue weighted by atomic mass is 35.5. The summed E-state index contributed by atoms with van der Waals surface area (Å²) in [6.45, 7) is 0.717. The van der Waals surface area contributed by atoms with Crippen molar-refractivity contribution >= 4 is 17.5 Å². The van der Waals surface area contributed by atoms with Gasteiger partial charge in [-0.2, -0.15) is 0 Å². The summed E-state index contributed by atoms with van der Waals surface area (Å²) in [5.41, 5.74) is 1.98. The fourth-order valence-corrected chi connectivity index (χ4v) is 4.79. The zero-order valence-electron chi connectivity index (χ0n) is 16.9. The van der Waals surface area contributed by atoms with Gasteiger partial charge in [-0.1, -0.05) is 66.9 Å². The fraction of sp³-hybridized carbons (Fsp3) is 0.458. The average Bonchev–Trinajstić information content (AvgIpc) is 2.70. The summed E-state index contributed by atoms with van der Waals surface area (Å²) in [6.07, 6.45) is 6.02. The molecule has 0 aromatic heterocycles. The van der Waals surface area contributed by atoms with Crippen LogP contribution in [0.2, 0.25) is 5.02 Å². The van der Waals surface area contributed by atoms with Crippen LogP contribution in [0.25, 0.3) is 0 Å². The number of carbonyl (C=O) groups excluding carboxylic acids is 1. The predicted molar refractivity (Wildman–Crippen MR) is 117 cm³/mol. The smallest absolute Gasteiger partial charge is 0.252 e. The van der Waals surface area contributed by atoms with Crippen LogP contribution in [-0.2, 0) is 0 Å². The number of halogens is 1. The van der Waals surface area contributed by atoms with E-state index in [0.29, 0.717) is 28.5 Å². The van der Waals surface area contributed by atoms with Gasteiger partial charge in [0.05, 0.1) is 10.6 Å². The number of hydrogen-bond acceptors (Lipinski definition) is 2. The quantitative estimate of drug-likeness (QED) is 0.661. The lowest BCUT2D eigenvalue weighted by Crippen LogP contribution is -2.31. The van der Waals surface area contributed by atoms with Gasteiger partial charge in [-0.25, -0.2) is 0 Å². The molecule has 1 amide bonds. The van der Waals surface area contributed by atoms with E-state index in [2.05, 4.69) is 54.6 Å². The third kappa shape index (κ3) is 5.36. The van der Waals surface area contributed by atoms with E-state index < -0.39 is 0 Å². The molecule has 0 aliphatic heterocycles. The van der Waals surface area contributed by atoms with Gasteiger partial charge in [0.1, 0.15) is 0 Å². The maximum absolute atomic E-state index is 12.3. The largest absolute Gasteiger partial charge is 0.352 e. The Bertz CT molecular complexity index is 754. The minimum Gasteiger partial charge on any atom is -0.352 e. The molecule has 0 radical (unpaired) electrons. The van der Waals surface area contributed by atoms with Crippen molar-refractivity contribution in [2.24, 2.45) is 11.8 Å². The number of carbonyl (C=O) groups is 1. The summed E-state index contributed by atoms with van der Waals surface area (Å²) < 4.78 is 0. The first-order valence-corrected chi connectivity index (χ1v) is 10.7. The third-order valence-corrected chi connectivity index (χ3v) is 6.32. The molecule has 2 aromatic carbocycles. The highest BCUT2D eigenvalue weighted by molar-refractivity contribution is 6.33. The molecule has 2 aromatic rings. The van der Waals surface area contributed by atoms with Crippen molar-refractivity contribution in [3.63, 3.8) is 0 Å². The first kappa shape index (κ1) is 20.9. The number of nitrogens with zero attached hydrogens (tertiary/aromatic N) is 1. The van der Waals surface area contributed by atoms with Crippen LogP contribution >= 0.6 is 11.6 Å². The van der Waals surface area contributed by atoms with E-state index in [9.17, 15) is 4.79 Å². The Labute approximate surface area is 174 Å². The molecule has 0 spiro atoms. The number of benzene rings is 2. The first-order valence-electron chi connectivity index (χ1n) is 10.3. The monoisotopic (exact) mass is 398 g/mol. The minimum atomic E-state index is -0.0731. The Hall–Kier alpha value is -1.84. The number of nitrogens with one attached hydrogen (secondary N) is 1. The number of amides is 1. The molecule has 1 aliphatic rings.